The minimum atomic E-state index is -0.191. The number of amides is 3. The van der Waals surface area contributed by atoms with Gasteiger partial charge in [-0.05, 0) is 37.8 Å². The second-order valence-electron chi connectivity index (χ2n) is 5.79. The number of nitrogens with zero attached hydrogens (tertiary/aromatic N) is 1. The van der Waals surface area contributed by atoms with E-state index in [2.05, 4.69) is 10.6 Å². The summed E-state index contributed by atoms with van der Waals surface area (Å²) in [6.45, 7) is 4.38. The van der Waals surface area contributed by atoms with E-state index in [0.29, 0.717) is 16.4 Å². The summed E-state index contributed by atoms with van der Waals surface area (Å²) in [7, 11) is 1.55. The van der Waals surface area contributed by atoms with E-state index in [-0.39, 0.29) is 30.2 Å². The maximum Gasteiger partial charge on any atom is 0.264 e. The highest BCUT2D eigenvalue weighted by Gasteiger charge is 2.30. The first-order valence-electron chi connectivity index (χ1n) is 7.87. The largest absolute Gasteiger partial charge is 0.358 e. The molecule has 0 radical (unpaired) electrons. The molecule has 23 heavy (non-hydrogen) atoms. The third-order valence-electron chi connectivity index (χ3n) is 3.70. The Kier molecular flexibility index (Phi) is 5.76. The van der Waals surface area contributed by atoms with E-state index in [0.717, 1.165) is 24.8 Å². The van der Waals surface area contributed by atoms with Crippen LogP contribution < -0.4 is 10.6 Å². The van der Waals surface area contributed by atoms with Gasteiger partial charge in [-0.1, -0.05) is 6.92 Å². The van der Waals surface area contributed by atoms with Gasteiger partial charge in [-0.15, -0.1) is 11.3 Å². The Balaban J connectivity index is 2.11. The average Bonchev–Trinajstić information content (AvgIpc) is 3.30. The van der Waals surface area contributed by atoms with Gasteiger partial charge in [0.15, 0.2) is 0 Å². The minimum Gasteiger partial charge on any atom is -0.358 e. The third kappa shape index (κ3) is 4.54. The van der Waals surface area contributed by atoms with Gasteiger partial charge < -0.3 is 15.5 Å². The molecule has 1 aromatic rings. The molecule has 1 aliphatic carbocycles. The van der Waals surface area contributed by atoms with Gasteiger partial charge in [0.2, 0.25) is 11.8 Å². The van der Waals surface area contributed by atoms with Crippen LogP contribution in [0.15, 0.2) is 6.07 Å². The number of rotatable bonds is 7. The van der Waals surface area contributed by atoms with E-state index >= 15 is 0 Å². The molecule has 2 rings (SSSR count). The summed E-state index contributed by atoms with van der Waals surface area (Å²) in [5, 5.41) is 6.11. The van der Waals surface area contributed by atoms with E-state index in [9.17, 15) is 14.4 Å². The highest BCUT2D eigenvalue weighted by Crippen LogP contribution is 2.33. The predicted octanol–water partition coefficient (Wildman–Crippen LogP) is 2.00. The van der Waals surface area contributed by atoms with Crippen LogP contribution in [-0.4, -0.2) is 42.8 Å². The fourth-order valence-corrected chi connectivity index (χ4v) is 3.29. The number of likely N-dealkylation sites (N-methyl/N-ethyl adjacent to an activating group) is 1. The molecule has 0 saturated heterocycles. The number of carbonyl (C=O) groups is 3. The van der Waals surface area contributed by atoms with Gasteiger partial charge >= 0.3 is 0 Å². The Morgan fingerprint density at radius 2 is 2.04 bits per heavy atom. The molecule has 0 aliphatic heterocycles. The quantitative estimate of drug-likeness (QED) is 0.799. The van der Waals surface area contributed by atoms with Crippen molar-refractivity contribution in [2.45, 2.75) is 33.1 Å². The molecule has 1 aromatic heterocycles. The summed E-state index contributed by atoms with van der Waals surface area (Å²) >= 11 is 1.28. The number of hydrogen-bond donors (Lipinski definition) is 2. The molecule has 7 heteroatoms. The topological polar surface area (TPSA) is 78.5 Å². The summed E-state index contributed by atoms with van der Waals surface area (Å²) in [5.41, 5.74) is 0.823. The van der Waals surface area contributed by atoms with Crippen LogP contribution in [0.5, 0.6) is 0 Å². The molecule has 2 N–H and O–H groups in total. The van der Waals surface area contributed by atoms with Crippen molar-refractivity contribution in [1.82, 2.24) is 10.2 Å². The third-order valence-corrected chi connectivity index (χ3v) is 4.84. The zero-order valence-corrected chi connectivity index (χ0v) is 14.6. The Morgan fingerprint density at radius 1 is 1.35 bits per heavy atom. The molecular weight excluding hydrogens is 314 g/mol. The molecule has 0 spiro atoms. The summed E-state index contributed by atoms with van der Waals surface area (Å²) in [6.07, 6.45) is 2.66. The van der Waals surface area contributed by atoms with E-state index in [4.69, 9.17) is 0 Å². The van der Waals surface area contributed by atoms with Crippen molar-refractivity contribution in [3.63, 3.8) is 0 Å². The number of anilines is 1. The average molecular weight is 337 g/mol. The Hall–Kier alpha value is -1.89. The molecule has 6 nitrogen and oxygen atoms in total. The molecule has 3 amide bonds. The molecule has 1 heterocycles. The van der Waals surface area contributed by atoms with Crippen LogP contribution >= 0.6 is 11.3 Å². The molecule has 1 saturated carbocycles. The lowest BCUT2D eigenvalue weighted by Gasteiger charge is -2.20. The van der Waals surface area contributed by atoms with E-state index in [1.54, 1.807) is 11.9 Å². The fourth-order valence-electron chi connectivity index (χ4n) is 2.24. The van der Waals surface area contributed by atoms with Crippen molar-refractivity contribution in [2.75, 3.05) is 25.5 Å². The van der Waals surface area contributed by atoms with Crippen LogP contribution in [0.2, 0.25) is 0 Å². The lowest BCUT2D eigenvalue weighted by atomic mass is 10.2. The van der Waals surface area contributed by atoms with Crippen LogP contribution in [-0.2, 0) is 9.59 Å². The molecule has 126 valence electrons. The minimum absolute atomic E-state index is 0.0287. The number of thiophene rings is 1. The van der Waals surface area contributed by atoms with Crippen LogP contribution in [0.3, 0.4) is 0 Å². The summed E-state index contributed by atoms with van der Waals surface area (Å²) < 4.78 is 0. The Bertz CT molecular complexity index is 608. The molecular formula is C16H23N3O3S. The molecule has 0 aromatic carbocycles. The maximum absolute atomic E-state index is 12.7. The lowest BCUT2D eigenvalue weighted by Crippen LogP contribution is -2.40. The summed E-state index contributed by atoms with van der Waals surface area (Å²) in [4.78, 5) is 38.2. The second-order valence-corrected chi connectivity index (χ2v) is 6.84. The van der Waals surface area contributed by atoms with Crippen molar-refractivity contribution in [3.8, 4) is 0 Å². The normalized spacial score (nSPS) is 13.5. The summed E-state index contributed by atoms with van der Waals surface area (Å²) in [5.74, 6) is -0.199. The van der Waals surface area contributed by atoms with Crippen molar-refractivity contribution in [2.24, 2.45) is 5.92 Å². The number of aryl methyl sites for hydroxylation is 1. The van der Waals surface area contributed by atoms with Gasteiger partial charge in [0, 0.05) is 19.5 Å². The monoisotopic (exact) mass is 337 g/mol. The first-order valence-corrected chi connectivity index (χ1v) is 8.69. The number of hydrogen-bond acceptors (Lipinski definition) is 4. The van der Waals surface area contributed by atoms with Gasteiger partial charge in [0.25, 0.3) is 5.91 Å². The maximum atomic E-state index is 12.7. The molecule has 1 aliphatic rings. The SMILES string of the molecule is CCCN(CC(=O)NC)C(=O)c1sc(NC(=O)C2CC2)cc1C. The van der Waals surface area contributed by atoms with Crippen molar-refractivity contribution < 1.29 is 14.4 Å². The van der Waals surface area contributed by atoms with Crippen LogP contribution in [0.25, 0.3) is 0 Å². The molecule has 1 fully saturated rings. The number of nitrogens with one attached hydrogen (secondary N) is 2. The molecule has 0 unspecified atom stereocenters. The van der Waals surface area contributed by atoms with Crippen molar-refractivity contribution in [3.05, 3.63) is 16.5 Å². The van der Waals surface area contributed by atoms with Crippen LogP contribution in [0, 0.1) is 12.8 Å². The van der Waals surface area contributed by atoms with Gasteiger partial charge in [0.1, 0.15) is 0 Å². The van der Waals surface area contributed by atoms with E-state index in [1.807, 2.05) is 19.9 Å². The Labute approximate surface area is 140 Å². The standard InChI is InChI=1S/C16H23N3O3S/c1-4-7-19(9-12(20)17-3)16(22)14-10(2)8-13(23-14)18-15(21)11-5-6-11/h8,11H,4-7,9H2,1-3H3,(H,17,20)(H,18,21). The number of carbonyl (C=O) groups excluding carboxylic acids is 3. The predicted molar refractivity (Wildman–Crippen MR) is 90.7 cm³/mol. The zero-order valence-electron chi connectivity index (χ0n) is 13.8. The highest BCUT2D eigenvalue weighted by atomic mass is 32.1. The lowest BCUT2D eigenvalue weighted by molar-refractivity contribution is -0.121. The second kappa shape index (κ2) is 7.59. The van der Waals surface area contributed by atoms with Gasteiger partial charge in [-0.2, -0.15) is 0 Å². The van der Waals surface area contributed by atoms with Gasteiger partial charge in [-0.3, -0.25) is 14.4 Å². The van der Waals surface area contributed by atoms with Gasteiger partial charge in [0.05, 0.1) is 16.4 Å². The van der Waals surface area contributed by atoms with Crippen molar-refractivity contribution >= 4 is 34.1 Å². The molecule has 0 atom stereocenters. The van der Waals surface area contributed by atoms with Crippen LogP contribution in [0.1, 0.15) is 41.4 Å². The fraction of sp³-hybridized carbons (Fsp3) is 0.562. The molecule has 0 bridgehead atoms. The van der Waals surface area contributed by atoms with E-state index < -0.39 is 0 Å². The Morgan fingerprint density at radius 3 is 2.61 bits per heavy atom. The smallest absolute Gasteiger partial charge is 0.264 e. The van der Waals surface area contributed by atoms with E-state index in [1.165, 1.54) is 11.3 Å². The van der Waals surface area contributed by atoms with Crippen molar-refractivity contribution in [1.29, 1.82) is 0 Å². The first kappa shape index (κ1) is 17.5. The summed E-state index contributed by atoms with van der Waals surface area (Å²) in [6, 6.07) is 1.82. The van der Waals surface area contributed by atoms with Crippen LogP contribution in [0.4, 0.5) is 5.00 Å². The highest BCUT2D eigenvalue weighted by molar-refractivity contribution is 7.18. The van der Waals surface area contributed by atoms with Gasteiger partial charge in [-0.25, -0.2) is 0 Å². The first-order chi connectivity index (χ1) is 11.0. The zero-order chi connectivity index (χ0) is 17.0.